The van der Waals surface area contributed by atoms with Crippen molar-refractivity contribution in [3.63, 3.8) is 0 Å². The number of rotatable bonds is 5. The quantitative estimate of drug-likeness (QED) is 0.395. The summed E-state index contributed by atoms with van der Waals surface area (Å²) in [6, 6.07) is 13.2. The molecule has 1 aromatic carbocycles. The van der Waals surface area contributed by atoms with E-state index in [-0.39, 0.29) is 6.09 Å². The molecule has 4 aromatic rings. The molecule has 0 radical (unpaired) electrons. The molecule has 1 aliphatic heterocycles. The number of piperazine rings is 1. The highest BCUT2D eigenvalue weighted by atomic mass is 19.1. The van der Waals surface area contributed by atoms with Gasteiger partial charge in [-0.2, -0.15) is 4.39 Å². The van der Waals surface area contributed by atoms with Gasteiger partial charge in [0.15, 0.2) is 0 Å². The van der Waals surface area contributed by atoms with Crippen LogP contribution in [0.3, 0.4) is 0 Å². The zero-order valence-corrected chi connectivity index (χ0v) is 21.4. The van der Waals surface area contributed by atoms with Gasteiger partial charge in [-0.15, -0.1) is 0 Å². The van der Waals surface area contributed by atoms with Gasteiger partial charge < -0.3 is 14.6 Å². The SMILES string of the molecule is CC(C)(C)OC(=O)N1CCN(Cc2ccnc(Cc3nc4ccc(-c5ccnc(F)c5)cc4[nH]3)c2)CC1. The molecule has 0 spiro atoms. The Morgan fingerprint density at radius 1 is 1.00 bits per heavy atom. The van der Waals surface area contributed by atoms with Crippen molar-refractivity contribution in [3.8, 4) is 11.1 Å². The molecule has 1 aliphatic rings. The van der Waals surface area contributed by atoms with E-state index in [2.05, 4.69) is 25.9 Å². The van der Waals surface area contributed by atoms with E-state index in [9.17, 15) is 9.18 Å². The second-order valence-electron chi connectivity index (χ2n) is 10.4. The van der Waals surface area contributed by atoms with Crippen LogP contribution in [0.2, 0.25) is 0 Å². The lowest BCUT2D eigenvalue weighted by atomic mass is 10.1. The molecule has 37 heavy (non-hydrogen) atoms. The summed E-state index contributed by atoms with van der Waals surface area (Å²) in [5, 5.41) is 0. The van der Waals surface area contributed by atoms with Gasteiger partial charge in [0.1, 0.15) is 11.4 Å². The Morgan fingerprint density at radius 3 is 2.51 bits per heavy atom. The molecule has 1 N–H and O–H groups in total. The number of H-pyrrole nitrogens is 1. The predicted octanol–water partition coefficient (Wildman–Crippen LogP) is 4.80. The second kappa shape index (κ2) is 10.3. The fraction of sp³-hybridized carbons (Fsp3) is 0.357. The van der Waals surface area contributed by atoms with Crippen molar-refractivity contribution in [2.75, 3.05) is 26.2 Å². The molecule has 0 atom stereocenters. The summed E-state index contributed by atoms with van der Waals surface area (Å²) < 4.78 is 19.0. The van der Waals surface area contributed by atoms with E-state index in [4.69, 9.17) is 9.72 Å². The van der Waals surface area contributed by atoms with Gasteiger partial charge in [-0.25, -0.2) is 14.8 Å². The number of hydrogen-bond donors (Lipinski definition) is 1. The van der Waals surface area contributed by atoms with Crippen LogP contribution in [0.1, 0.15) is 37.9 Å². The minimum Gasteiger partial charge on any atom is -0.444 e. The van der Waals surface area contributed by atoms with E-state index in [0.29, 0.717) is 19.5 Å². The Labute approximate surface area is 215 Å². The van der Waals surface area contributed by atoms with Gasteiger partial charge in [-0.05, 0) is 67.8 Å². The summed E-state index contributed by atoms with van der Waals surface area (Å²) >= 11 is 0. The number of aromatic amines is 1. The monoisotopic (exact) mass is 502 g/mol. The number of carbonyl (C=O) groups is 1. The van der Waals surface area contributed by atoms with Crippen LogP contribution < -0.4 is 0 Å². The zero-order valence-electron chi connectivity index (χ0n) is 21.4. The van der Waals surface area contributed by atoms with Crippen LogP contribution in [0, 0.1) is 5.95 Å². The largest absolute Gasteiger partial charge is 0.444 e. The van der Waals surface area contributed by atoms with Crippen LogP contribution in [0.25, 0.3) is 22.2 Å². The van der Waals surface area contributed by atoms with E-state index >= 15 is 0 Å². The van der Waals surface area contributed by atoms with E-state index in [1.807, 2.05) is 51.2 Å². The van der Waals surface area contributed by atoms with Crippen molar-refractivity contribution in [3.05, 3.63) is 77.9 Å². The number of ether oxygens (including phenoxy) is 1. The molecule has 8 nitrogen and oxygen atoms in total. The zero-order chi connectivity index (χ0) is 26.0. The lowest BCUT2D eigenvalue weighted by Crippen LogP contribution is -2.49. The van der Waals surface area contributed by atoms with Gasteiger partial charge >= 0.3 is 6.09 Å². The number of fused-ring (bicyclic) bond motifs is 1. The maximum Gasteiger partial charge on any atom is 0.410 e. The first-order valence-electron chi connectivity index (χ1n) is 12.5. The van der Waals surface area contributed by atoms with Crippen LogP contribution in [0.15, 0.2) is 54.9 Å². The van der Waals surface area contributed by atoms with Crippen LogP contribution in [0.4, 0.5) is 9.18 Å². The maximum atomic E-state index is 13.5. The van der Waals surface area contributed by atoms with Gasteiger partial charge in [0.2, 0.25) is 5.95 Å². The number of carbonyl (C=O) groups excluding carboxylic acids is 1. The van der Waals surface area contributed by atoms with Crippen molar-refractivity contribution in [2.24, 2.45) is 0 Å². The number of nitrogens with zero attached hydrogens (tertiary/aromatic N) is 5. The maximum absolute atomic E-state index is 13.5. The number of pyridine rings is 2. The molecule has 1 amide bonds. The molecule has 3 aromatic heterocycles. The first-order valence-corrected chi connectivity index (χ1v) is 12.5. The van der Waals surface area contributed by atoms with Crippen LogP contribution in [-0.4, -0.2) is 67.6 Å². The third kappa shape index (κ3) is 6.29. The van der Waals surface area contributed by atoms with Crippen LogP contribution in [0.5, 0.6) is 0 Å². The van der Waals surface area contributed by atoms with Crippen molar-refractivity contribution in [1.82, 2.24) is 29.7 Å². The first-order chi connectivity index (χ1) is 17.7. The molecular formula is C28H31FN6O2. The molecule has 1 fully saturated rings. The molecule has 0 saturated carbocycles. The lowest BCUT2D eigenvalue weighted by Gasteiger charge is -2.35. The van der Waals surface area contributed by atoms with Gasteiger partial charge in [0, 0.05) is 63.3 Å². The first kappa shape index (κ1) is 24.8. The number of halogens is 1. The topological polar surface area (TPSA) is 87.2 Å². The molecular weight excluding hydrogens is 471 g/mol. The summed E-state index contributed by atoms with van der Waals surface area (Å²) in [5.41, 5.74) is 5.04. The molecule has 1 saturated heterocycles. The minimum atomic E-state index is -0.501. The Hall–Kier alpha value is -3.85. The van der Waals surface area contributed by atoms with Crippen LogP contribution in [-0.2, 0) is 17.7 Å². The van der Waals surface area contributed by atoms with Crippen molar-refractivity contribution >= 4 is 17.1 Å². The average Bonchev–Trinajstić information content (AvgIpc) is 3.25. The van der Waals surface area contributed by atoms with E-state index in [1.54, 1.807) is 11.0 Å². The average molecular weight is 503 g/mol. The number of benzene rings is 1. The van der Waals surface area contributed by atoms with Gasteiger partial charge in [0.25, 0.3) is 0 Å². The molecule has 0 aliphatic carbocycles. The third-order valence-electron chi connectivity index (χ3n) is 6.25. The predicted molar refractivity (Wildman–Crippen MR) is 139 cm³/mol. The Balaban J connectivity index is 1.21. The van der Waals surface area contributed by atoms with E-state index < -0.39 is 11.5 Å². The number of imidazole rings is 1. The highest BCUT2D eigenvalue weighted by Crippen LogP contribution is 2.24. The summed E-state index contributed by atoms with van der Waals surface area (Å²) in [6.07, 6.45) is 3.63. The number of amides is 1. The summed E-state index contributed by atoms with van der Waals surface area (Å²) in [4.78, 5) is 32.7. The summed E-state index contributed by atoms with van der Waals surface area (Å²) in [6.45, 7) is 9.35. The second-order valence-corrected chi connectivity index (χ2v) is 10.4. The Morgan fingerprint density at radius 2 is 1.76 bits per heavy atom. The minimum absolute atomic E-state index is 0.246. The van der Waals surface area contributed by atoms with Gasteiger partial charge in [0.05, 0.1) is 11.0 Å². The summed E-state index contributed by atoms with van der Waals surface area (Å²) in [7, 11) is 0. The molecule has 0 bridgehead atoms. The van der Waals surface area contributed by atoms with Crippen molar-refractivity contribution in [1.29, 1.82) is 0 Å². The van der Waals surface area contributed by atoms with E-state index in [0.717, 1.165) is 53.3 Å². The molecule has 4 heterocycles. The molecule has 9 heteroatoms. The molecule has 5 rings (SSSR count). The molecule has 192 valence electrons. The standard InChI is InChI=1S/C28H31FN6O2/c1-28(2,3)37-27(36)35-12-10-34(11-13-35)18-19-6-8-30-22(14-19)17-26-32-23-5-4-20(15-24(23)33-26)21-7-9-31-25(29)16-21/h4-9,14-16H,10-13,17-18H2,1-3H3,(H,32,33). The lowest BCUT2D eigenvalue weighted by molar-refractivity contribution is 0.0139. The van der Waals surface area contributed by atoms with Crippen molar-refractivity contribution in [2.45, 2.75) is 39.3 Å². The number of hydrogen-bond acceptors (Lipinski definition) is 6. The number of aromatic nitrogens is 4. The van der Waals surface area contributed by atoms with Crippen LogP contribution >= 0.6 is 0 Å². The smallest absolute Gasteiger partial charge is 0.410 e. The molecule has 0 unspecified atom stereocenters. The van der Waals surface area contributed by atoms with Crippen molar-refractivity contribution < 1.29 is 13.9 Å². The summed E-state index contributed by atoms with van der Waals surface area (Å²) in [5.74, 6) is 0.322. The number of nitrogens with one attached hydrogen (secondary N) is 1. The van der Waals surface area contributed by atoms with Gasteiger partial charge in [-0.1, -0.05) is 6.07 Å². The normalized spacial score (nSPS) is 14.8. The Bertz CT molecular complexity index is 1410. The van der Waals surface area contributed by atoms with Gasteiger partial charge in [-0.3, -0.25) is 9.88 Å². The fourth-order valence-corrected chi connectivity index (χ4v) is 4.48. The highest BCUT2D eigenvalue weighted by Gasteiger charge is 2.25. The van der Waals surface area contributed by atoms with E-state index in [1.165, 1.54) is 17.8 Å². The Kier molecular flexibility index (Phi) is 6.88. The fourth-order valence-electron chi connectivity index (χ4n) is 4.48. The highest BCUT2D eigenvalue weighted by molar-refractivity contribution is 5.82. The third-order valence-corrected chi connectivity index (χ3v) is 6.25.